The topological polar surface area (TPSA) is 66.6 Å². The van der Waals surface area contributed by atoms with Crippen LogP contribution < -0.4 is 5.73 Å². The number of carbonyl (C=O) groups is 1. The third-order valence-corrected chi connectivity index (χ3v) is 3.00. The van der Waals surface area contributed by atoms with Gasteiger partial charge in [0.1, 0.15) is 0 Å². The first-order valence-corrected chi connectivity index (χ1v) is 5.84. The smallest absolute Gasteiger partial charge is 0.199 e. The monoisotopic (exact) mass is 236 g/mol. The second-order valence-electron chi connectivity index (χ2n) is 3.95. The Morgan fingerprint density at radius 2 is 1.82 bits per heavy atom. The molecule has 0 amide bonds. The Bertz CT molecular complexity index is 363. The summed E-state index contributed by atoms with van der Waals surface area (Å²) in [5.74, 6) is -0.246. The van der Waals surface area contributed by atoms with E-state index in [1.165, 1.54) is 0 Å². The molecule has 0 bridgehead atoms. The molecule has 0 aliphatic carbocycles. The average Bonchev–Trinajstić information content (AvgIpc) is 2.39. The molecule has 0 radical (unpaired) electrons. The maximum absolute atomic E-state index is 12.3. The molecule has 3 N–H and O–H groups in total. The molecule has 0 fully saturated rings. The summed E-state index contributed by atoms with van der Waals surface area (Å²) in [5.41, 5.74) is 5.26. The van der Waals surface area contributed by atoms with E-state index < -0.39 is 5.66 Å². The molecule has 0 aliphatic heterocycles. The van der Waals surface area contributed by atoms with Crippen molar-refractivity contribution in [3.8, 4) is 0 Å². The van der Waals surface area contributed by atoms with Gasteiger partial charge < -0.3 is 10.8 Å². The zero-order valence-corrected chi connectivity index (χ0v) is 10.4. The number of ketones is 1. The van der Waals surface area contributed by atoms with Crippen molar-refractivity contribution in [1.29, 1.82) is 0 Å². The average molecular weight is 236 g/mol. The van der Waals surface area contributed by atoms with Crippen molar-refractivity contribution in [1.82, 2.24) is 4.90 Å². The first-order valence-electron chi connectivity index (χ1n) is 5.84. The van der Waals surface area contributed by atoms with E-state index in [4.69, 9.17) is 5.73 Å². The fourth-order valence-electron chi connectivity index (χ4n) is 1.94. The Morgan fingerprint density at radius 1 is 1.29 bits per heavy atom. The molecule has 4 nitrogen and oxygen atoms in total. The number of hydrogen-bond donors (Lipinski definition) is 2. The number of rotatable bonds is 6. The predicted octanol–water partition coefficient (Wildman–Crippen LogP) is 0.858. The zero-order valence-electron chi connectivity index (χ0n) is 10.4. The summed E-state index contributed by atoms with van der Waals surface area (Å²) in [4.78, 5) is 14.1. The van der Waals surface area contributed by atoms with Crippen LogP contribution in [0, 0.1) is 0 Å². The second-order valence-corrected chi connectivity index (χ2v) is 3.95. The highest BCUT2D eigenvalue weighted by Crippen LogP contribution is 2.15. The van der Waals surface area contributed by atoms with Gasteiger partial charge in [-0.05, 0) is 13.1 Å². The van der Waals surface area contributed by atoms with Crippen molar-refractivity contribution < 1.29 is 9.90 Å². The number of nitrogens with two attached hydrogens (primary N) is 1. The molecule has 0 saturated carbocycles. The molecule has 0 aliphatic rings. The van der Waals surface area contributed by atoms with Gasteiger partial charge in [-0.1, -0.05) is 44.2 Å². The quantitative estimate of drug-likeness (QED) is 0.568. The molecule has 17 heavy (non-hydrogen) atoms. The minimum atomic E-state index is -1.33. The summed E-state index contributed by atoms with van der Waals surface area (Å²) < 4.78 is 0. The minimum Gasteiger partial charge on any atom is -0.393 e. The number of nitrogens with zero attached hydrogens (tertiary/aromatic N) is 1. The number of Topliss-reactive ketones (excluding diaryl/α,β-unsaturated/α-hetero) is 1. The summed E-state index contributed by atoms with van der Waals surface area (Å²) in [6.07, 6.45) is 0. The largest absolute Gasteiger partial charge is 0.393 e. The summed E-state index contributed by atoms with van der Waals surface area (Å²) in [5, 5.41) is 9.46. The van der Waals surface area contributed by atoms with Gasteiger partial charge in [-0.25, -0.2) is 0 Å². The lowest BCUT2D eigenvalue weighted by atomic mass is 9.97. The normalized spacial score (nSPS) is 14.6. The molecule has 1 aromatic rings. The first-order chi connectivity index (χ1) is 8.10. The zero-order chi connectivity index (χ0) is 12.9. The molecule has 1 unspecified atom stereocenters. The van der Waals surface area contributed by atoms with Gasteiger partial charge in [-0.2, -0.15) is 0 Å². The van der Waals surface area contributed by atoms with Crippen LogP contribution in [0.2, 0.25) is 0 Å². The van der Waals surface area contributed by atoms with Crippen molar-refractivity contribution in [3.05, 3.63) is 35.9 Å². The molecule has 1 atom stereocenters. The van der Waals surface area contributed by atoms with Crippen LogP contribution in [-0.4, -0.2) is 41.1 Å². The summed E-state index contributed by atoms with van der Waals surface area (Å²) in [7, 11) is 0. The van der Waals surface area contributed by atoms with E-state index in [-0.39, 0.29) is 12.4 Å². The van der Waals surface area contributed by atoms with Crippen LogP contribution in [-0.2, 0) is 0 Å². The highest BCUT2D eigenvalue weighted by Gasteiger charge is 2.38. The molecule has 0 saturated heterocycles. The molecule has 0 spiro atoms. The highest BCUT2D eigenvalue weighted by atomic mass is 16.3. The number of benzene rings is 1. The summed E-state index contributed by atoms with van der Waals surface area (Å²) in [6.45, 7) is 4.68. The Morgan fingerprint density at radius 3 is 2.24 bits per heavy atom. The van der Waals surface area contributed by atoms with Crippen LogP contribution in [0.1, 0.15) is 24.2 Å². The van der Waals surface area contributed by atoms with E-state index in [1.54, 1.807) is 29.2 Å². The second kappa shape index (κ2) is 5.91. The van der Waals surface area contributed by atoms with Crippen LogP contribution in [0.25, 0.3) is 0 Å². The number of hydrogen-bond acceptors (Lipinski definition) is 4. The van der Waals surface area contributed by atoms with Crippen LogP contribution in [0.15, 0.2) is 30.3 Å². The highest BCUT2D eigenvalue weighted by molar-refractivity contribution is 6.02. The maximum atomic E-state index is 12.3. The van der Waals surface area contributed by atoms with Gasteiger partial charge in [0.15, 0.2) is 11.4 Å². The van der Waals surface area contributed by atoms with E-state index in [0.29, 0.717) is 18.7 Å². The van der Waals surface area contributed by atoms with Crippen molar-refractivity contribution in [2.24, 2.45) is 5.73 Å². The molecule has 94 valence electrons. The Balaban J connectivity index is 3.05. The Kier molecular flexibility index (Phi) is 4.81. The van der Waals surface area contributed by atoms with Gasteiger partial charge in [0.05, 0.1) is 6.61 Å². The van der Waals surface area contributed by atoms with Crippen molar-refractivity contribution in [2.75, 3.05) is 19.7 Å². The number of likely N-dealkylation sites (N-methyl/N-ethyl adjacent to an activating group) is 1. The van der Waals surface area contributed by atoms with Gasteiger partial charge in [0.2, 0.25) is 0 Å². The van der Waals surface area contributed by atoms with Gasteiger partial charge >= 0.3 is 0 Å². The van der Waals surface area contributed by atoms with E-state index >= 15 is 0 Å². The van der Waals surface area contributed by atoms with Gasteiger partial charge in [-0.15, -0.1) is 0 Å². The predicted molar refractivity (Wildman–Crippen MR) is 67.7 cm³/mol. The Labute approximate surface area is 102 Å². The molecule has 1 aromatic carbocycles. The lowest BCUT2D eigenvalue weighted by Gasteiger charge is -2.37. The van der Waals surface area contributed by atoms with Crippen LogP contribution in [0.3, 0.4) is 0 Å². The molecule has 0 heterocycles. The minimum absolute atomic E-state index is 0.246. The fourth-order valence-corrected chi connectivity index (χ4v) is 1.94. The SMILES string of the molecule is CCN(CC)C(N)(CO)C(=O)c1ccccc1. The van der Waals surface area contributed by atoms with Gasteiger partial charge in [0, 0.05) is 5.56 Å². The fraction of sp³-hybridized carbons (Fsp3) is 0.462. The molecule has 1 rings (SSSR count). The van der Waals surface area contributed by atoms with E-state index in [9.17, 15) is 9.90 Å². The van der Waals surface area contributed by atoms with Crippen LogP contribution in [0.5, 0.6) is 0 Å². The van der Waals surface area contributed by atoms with Crippen LogP contribution >= 0.6 is 0 Å². The molecular formula is C13H20N2O2. The summed E-state index contributed by atoms with van der Waals surface area (Å²) >= 11 is 0. The van der Waals surface area contributed by atoms with E-state index in [1.807, 2.05) is 19.9 Å². The number of carbonyl (C=O) groups excluding carboxylic acids is 1. The van der Waals surface area contributed by atoms with E-state index in [0.717, 1.165) is 0 Å². The van der Waals surface area contributed by atoms with Gasteiger partial charge in [0.25, 0.3) is 0 Å². The van der Waals surface area contributed by atoms with Crippen LogP contribution in [0.4, 0.5) is 0 Å². The van der Waals surface area contributed by atoms with E-state index in [2.05, 4.69) is 0 Å². The summed E-state index contributed by atoms with van der Waals surface area (Å²) in [6, 6.07) is 8.83. The lowest BCUT2D eigenvalue weighted by molar-refractivity contribution is 0.0336. The van der Waals surface area contributed by atoms with Gasteiger partial charge in [-0.3, -0.25) is 9.69 Å². The molecular weight excluding hydrogens is 216 g/mol. The number of aliphatic hydroxyl groups is 1. The van der Waals surface area contributed by atoms with Crippen molar-refractivity contribution in [3.63, 3.8) is 0 Å². The third kappa shape index (κ3) is 2.72. The molecule has 0 aromatic heterocycles. The standard InChI is InChI=1S/C13H20N2O2/c1-3-15(4-2)13(14,10-16)12(17)11-8-6-5-7-9-11/h5-9,16H,3-4,10,14H2,1-2H3. The van der Waals surface area contributed by atoms with Crippen molar-refractivity contribution >= 4 is 5.78 Å². The van der Waals surface area contributed by atoms with Crippen molar-refractivity contribution in [2.45, 2.75) is 19.5 Å². The molecule has 4 heteroatoms. The Hall–Kier alpha value is -1.23. The lowest BCUT2D eigenvalue weighted by Crippen LogP contribution is -2.64. The first kappa shape index (κ1) is 13.8. The maximum Gasteiger partial charge on any atom is 0.199 e. The third-order valence-electron chi connectivity index (χ3n) is 3.00. The number of aliphatic hydroxyl groups excluding tert-OH is 1.